The summed E-state index contributed by atoms with van der Waals surface area (Å²) in [4.78, 5) is 9.44. The molecule has 0 aliphatic rings. The van der Waals surface area contributed by atoms with Crippen molar-refractivity contribution >= 4 is 6.47 Å². The summed E-state index contributed by atoms with van der Waals surface area (Å²) in [6, 6.07) is 0. The van der Waals surface area contributed by atoms with Crippen LogP contribution >= 0.6 is 0 Å². The van der Waals surface area contributed by atoms with E-state index in [0.29, 0.717) is 13.0 Å². The third-order valence-corrected chi connectivity index (χ3v) is 0.690. The summed E-state index contributed by atoms with van der Waals surface area (Å²) in [5, 5.41) is 0. The summed E-state index contributed by atoms with van der Waals surface area (Å²) in [5.41, 5.74) is 0. The molecular formula is C7H9O2. The summed E-state index contributed by atoms with van der Waals surface area (Å²) in [6.45, 7) is 3.66. The lowest BCUT2D eigenvalue weighted by Crippen LogP contribution is -1.87. The highest BCUT2D eigenvalue weighted by Gasteiger charge is 1.78. The Hall–Kier alpha value is -0.970. The van der Waals surface area contributed by atoms with Crippen LogP contribution in [-0.2, 0) is 9.53 Å². The average Bonchev–Trinajstić information content (AvgIpc) is 1.89. The zero-order chi connectivity index (χ0) is 6.95. The predicted octanol–water partition coefficient (Wildman–Crippen LogP) is 0.874. The molecule has 0 spiro atoms. The van der Waals surface area contributed by atoms with Crippen LogP contribution in [0.4, 0.5) is 0 Å². The average molecular weight is 125 g/mol. The number of hydrogen-bond donors (Lipinski definition) is 0. The van der Waals surface area contributed by atoms with Crippen LogP contribution in [0.2, 0.25) is 0 Å². The normalized spacial score (nSPS) is 7.22. The van der Waals surface area contributed by atoms with Gasteiger partial charge in [-0.2, -0.15) is 0 Å². The smallest absolute Gasteiger partial charge is 0.417 e. The van der Waals surface area contributed by atoms with Gasteiger partial charge < -0.3 is 4.74 Å². The van der Waals surface area contributed by atoms with Crippen LogP contribution < -0.4 is 0 Å². The van der Waals surface area contributed by atoms with Crippen LogP contribution in [0.1, 0.15) is 19.8 Å². The lowest BCUT2D eigenvalue weighted by molar-refractivity contribution is 0.286. The van der Waals surface area contributed by atoms with Gasteiger partial charge in [0.2, 0.25) is 0 Å². The van der Waals surface area contributed by atoms with Gasteiger partial charge in [0.15, 0.2) is 0 Å². The van der Waals surface area contributed by atoms with E-state index >= 15 is 0 Å². The van der Waals surface area contributed by atoms with Crippen molar-refractivity contribution in [2.24, 2.45) is 0 Å². The highest BCUT2D eigenvalue weighted by Crippen LogP contribution is 1.76. The van der Waals surface area contributed by atoms with E-state index in [1.807, 2.05) is 6.92 Å². The van der Waals surface area contributed by atoms with Crippen molar-refractivity contribution in [3.8, 4) is 11.8 Å². The minimum absolute atomic E-state index is 0.358. The lowest BCUT2D eigenvalue weighted by Gasteiger charge is -1.86. The molecule has 9 heavy (non-hydrogen) atoms. The molecule has 0 aliphatic carbocycles. The Balaban J connectivity index is 2.98. The van der Waals surface area contributed by atoms with Crippen molar-refractivity contribution in [3.05, 3.63) is 0 Å². The first-order chi connectivity index (χ1) is 4.41. The molecule has 1 radical (unpaired) electrons. The van der Waals surface area contributed by atoms with Crippen molar-refractivity contribution in [2.75, 3.05) is 6.61 Å². The molecule has 0 unspecified atom stereocenters. The molecule has 0 saturated carbocycles. The van der Waals surface area contributed by atoms with E-state index in [1.54, 1.807) is 0 Å². The number of rotatable bonds is 3. The quantitative estimate of drug-likeness (QED) is 0.413. The maximum absolute atomic E-state index is 9.44. The van der Waals surface area contributed by atoms with Crippen LogP contribution in [0.5, 0.6) is 0 Å². The van der Waals surface area contributed by atoms with E-state index in [4.69, 9.17) is 0 Å². The first-order valence-corrected chi connectivity index (χ1v) is 2.86. The molecule has 0 aromatic heterocycles. The predicted molar refractivity (Wildman–Crippen MR) is 34.3 cm³/mol. The Bertz CT molecular complexity index is 119. The second kappa shape index (κ2) is 7.03. The maximum Gasteiger partial charge on any atom is 0.417 e. The van der Waals surface area contributed by atoms with Crippen LogP contribution in [0.15, 0.2) is 0 Å². The molecule has 0 rings (SSSR count). The van der Waals surface area contributed by atoms with Crippen LogP contribution in [0.25, 0.3) is 0 Å². The van der Waals surface area contributed by atoms with Gasteiger partial charge in [-0.1, -0.05) is 12.8 Å². The number of ether oxygens (including phenoxy) is 1. The fourth-order valence-corrected chi connectivity index (χ4v) is 0.357. The lowest BCUT2D eigenvalue weighted by atomic mass is 10.4. The van der Waals surface area contributed by atoms with E-state index in [2.05, 4.69) is 16.6 Å². The minimum atomic E-state index is 0.358. The van der Waals surface area contributed by atoms with E-state index in [9.17, 15) is 4.79 Å². The van der Waals surface area contributed by atoms with Crippen molar-refractivity contribution in [1.82, 2.24) is 0 Å². The molecule has 0 bridgehead atoms. The molecule has 49 valence electrons. The molecule has 0 saturated heterocycles. The summed E-state index contributed by atoms with van der Waals surface area (Å²) in [6.07, 6.45) is 1.47. The van der Waals surface area contributed by atoms with Crippen molar-refractivity contribution in [2.45, 2.75) is 19.8 Å². The van der Waals surface area contributed by atoms with Crippen LogP contribution in [-0.4, -0.2) is 13.1 Å². The summed E-state index contributed by atoms with van der Waals surface area (Å²) in [5.74, 6) is 5.66. The standard InChI is InChI=1S/C7H9O2/c1-2-3-4-5-6-9-7-8/h2,5-6H2,1H3. The third-order valence-electron chi connectivity index (χ3n) is 0.690. The molecule has 0 heterocycles. The Labute approximate surface area is 55.2 Å². The highest BCUT2D eigenvalue weighted by molar-refractivity contribution is 5.38. The zero-order valence-electron chi connectivity index (χ0n) is 5.44. The largest absolute Gasteiger partial charge is 0.456 e. The molecule has 0 N–H and O–H groups in total. The van der Waals surface area contributed by atoms with Gasteiger partial charge in [0, 0.05) is 12.8 Å². The summed E-state index contributed by atoms with van der Waals surface area (Å²) in [7, 11) is 0. The van der Waals surface area contributed by atoms with Gasteiger partial charge in [-0.25, -0.2) is 4.79 Å². The first-order valence-electron chi connectivity index (χ1n) is 2.86. The van der Waals surface area contributed by atoms with Crippen molar-refractivity contribution in [1.29, 1.82) is 0 Å². The molecule has 0 aromatic carbocycles. The Kier molecular flexibility index (Phi) is 6.27. The molecular weight excluding hydrogens is 116 g/mol. The molecule has 0 amide bonds. The van der Waals surface area contributed by atoms with Gasteiger partial charge in [-0.15, -0.1) is 5.92 Å². The monoisotopic (exact) mass is 125 g/mol. The van der Waals surface area contributed by atoms with Crippen molar-refractivity contribution < 1.29 is 9.53 Å². The Morgan fingerprint density at radius 2 is 2.22 bits per heavy atom. The third kappa shape index (κ3) is 7.03. The molecule has 0 fully saturated rings. The SMILES string of the molecule is CCC#CCCO[C]=O. The van der Waals surface area contributed by atoms with Gasteiger partial charge >= 0.3 is 6.47 Å². The van der Waals surface area contributed by atoms with Gasteiger partial charge in [0.25, 0.3) is 0 Å². The molecule has 0 aromatic rings. The minimum Gasteiger partial charge on any atom is -0.456 e. The maximum atomic E-state index is 9.44. The van der Waals surface area contributed by atoms with Crippen LogP contribution in [0.3, 0.4) is 0 Å². The second-order valence-corrected chi connectivity index (χ2v) is 1.39. The van der Waals surface area contributed by atoms with E-state index in [0.717, 1.165) is 6.42 Å². The first kappa shape index (κ1) is 8.03. The van der Waals surface area contributed by atoms with E-state index in [1.165, 1.54) is 6.47 Å². The fourth-order valence-electron chi connectivity index (χ4n) is 0.357. The highest BCUT2D eigenvalue weighted by atomic mass is 16.5. The molecule has 0 aliphatic heterocycles. The van der Waals surface area contributed by atoms with Crippen LogP contribution in [0, 0.1) is 11.8 Å². The van der Waals surface area contributed by atoms with E-state index < -0.39 is 0 Å². The number of carbonyl (C=O) groups excluding carboxylic acids is 1. The Morgan fingerprint density at radius 3 is 2.78 bits per heavy atom. The Morgan fingerprint density at radius 1 is 1.44 bits per heavy atom. The molecule has 2 heteroatoms. The summed E-state index contributed by atoms with van der Waals surface area (Å²) >= 11 is 0. The topological polar surface area (TPSA) is 26.3 Å². The van der Waals surface area contributed by atoms with Gasteiger partial charge in [0.1, 0.15) is 6.61 Å². The zero-order valence-corrected chi connectivity index (χ0v) is 5.44. The molecule has 2 nitrogen and oxygen atoms in total. The van der Waals surface area contributed by atoms with Gasteiger partial charge in [-0.3, -0.25) is 0 Å². The molecule has 0 atom stereocenters. The van der Waals surface area contributed by atoms with E-state index in [-0.39, 0.29) is 0 Å². The fraction of sp³-hybridized carbons (Fsp3) is 0.571. The van der Waals surface area contributed by atoms with Crippen molar-refractivity contribution in [3.63, 3.8) is 0 Å². The van der Waals surface area contributed by atoms with Gasteiger partial charge in [-0.05, 0) is 0 Å². The second-order valence-electron chi connectivity index (χ2n) is 1.39. The number of hydrogen-bond acceptors (Lipinski definition) is 2. The summed E-state index contributed by atoms with van der Waals surface area (Å²) < 4.78 is 4.27. The van der Waals surface area contributed by atoms with Gasteiger partial charge in [0.05, 0.1) is 0 Å².